The molecule has 2 rings (SSSR count). The summed E-state index contributed by atoms with van der Waals surface area (Å²) in [6.07, 6.45) is 5.64. The molecule has 0 spiro atoms. The molecule has 23 heavy (non-hydrogen) atoms. The van der Waals surface area contributed by atoms with Crippen molar-refractivity contribution in [3.05, 3.63) is 41.1 Å². The summed E-state index contributed by atoms with van der Waals surface area (Å²) in [6, 6.07) is 6.66. The zero-order chi connectivity index (χ0) is 17.0. The third-order valence-electron chi connectivity index (χ3n) is 4.23. The fraction of sp³-hybridized carbons (Fsp3) is 0.550. The number of allylic oxidation sites excluding steroid dienone is 2. The lowest BCUT2D eigenvalue weighted by Gasteiger charge is -2.25. The van der Waals surface area contributed by atoms with Gasteiger partial charge in [-0.25, -0.2) is 0 Å². The van der Waals surface area contributed by atoms with Crippen molar-refractivity contribution in [3.63, 3.8) is 0 Å². The van der Waals surface area contributed by atoms with Gasteiger partial charge in [0, 0.05) is 19.8 Å². The second-order valence-electron chi connectivity index (χ2n) is 7.15. The second kappa shape index (κ2) is 7.67. The molecule has 3 heteroatoms. The van der Waals surface area contributed by atoms with Crippen LogP contribution in [0.5, 0.6) is 0 Å². The van der Waals surface area contributed by atoms with Gasteiger partial charge >= 0.3 is 0 Å². The number of rotatable bonds is 5. The molecule has 126 valence electrons. The quantitative estimate of drug-likeness (QED) is 0.744. The molecule has 1 aromatic rings. The van der Waals surface area contributed by atoms with E-state index in [1.165, 1.54) is 28.9 Å². The van der Waals surface area contributed by atoms with E-state index in [4.69, 9.17) is 0 Å². The van der Waals surface area contributed by atoms with Crippen molar-refractivity contribution in [2.24, 2.45) is 5.10 Å². The molecule has 0 unspecified atom stereocenters. The molecule has 3 nitrogen and oxygen atoms in total. The Morgan fingerprint density at radius 1 is 1.04 bits per heavy atom. The first-order chi connectivity index (χ1) is 10.9. The lowest BCUT2D eigenvalue weighted by atomic mass is 9.92. The van der Waals surface area contributed by atoms with Gasteiger partial charge in [0.25, 0.3) is 0 Å². The fourth-order valence-electron chi connectivity index (χ4n) is 3.07. The molecule has 0 radical (unpaired) electrons. The molecule has 1 N–H and O–H groups in total. The van der Waals surface area contributed by atoms with Gasteiger partial charge in [-0.1, -0.05) is 52.0 Å². The summed E-state index contributed by atoms with van der Waals surface area (Å²) >= 11 is 0. The van der Waals surface area contributed by atoms with Crippen LogP contribution in [0.4, 0.5) is 5.69 Å². The van der Waals surface area contributed by atoms with Crippen molar-refractivity contribution in [1.29, 1.82) is 0 Å². The number of para-hydroxylation sites is 1. The fourth-order valence-corrected chi connectivity index (χ4v) is 3.07. The lowest BCUT2D eigenvalue weighted by Crippen LogP contribution is -2.20. The van der Waals surface area contributed by atoms with Crippen molar-refractivity contribution >= 4 is 11.4 Å². The van der Waals surface area contributed by atoms with Gasteiger partial charge in [0.15, 0.2) is 0 Å². The molecule has 1 aromatic carbocycles. The highest BCUT2D eigenvalue weighted by Crippen LogP contribution is 2.34. The van der Waals surface area contributed by atoms with Crippen molar-refractivity contribution < 1.29 is 0 Å². The smallest absolute Gasteiger partial charge is 0.0836 e. The van der Waals surface area contributed by atoms with Crippen LogP contribution in [0.1, 0.15) is 69.9 Å². The molecular weight excluding hydrogens is 282 g/mol. The summed E-state index contributed by atoms with van der Waals surface area (Å²) in [6.45, 7) is 9.03. The molecule has 0 heterocycles. The highest BCUT2D eigenvalue weighted by Gasteiger charge is 2.18. The van der Waals surface area contributed by atoms with Crippen molar-refractivity contribution in [1.82, 2.24) is 5.01 Å². The van der Waals surface area contributed by atoms with E-state index in [2.05, 4.69) is 62.4 Å². The van der Waals surface area contributed by atoms with Crippen LogP contribution in [0.15, 0.2) is 35.1 Å². The average Bonchev–Trinajstić information content (AvgIpc) is 2.48. The maximum atomic E-state index is 4.68. The monoisotopic (exact) mass is 313 g/mol. The van der Waals surface area contributed by atoms with Crippen molar-refractivity contribution in [2.75, 3.05) is 19.4 Å². The van der Waals surface area contributed by atoms with Gasteiger partial charge < -0.3 is 10.3 Å². The van der Waals surface area contributed by atoms with E-state index in [1.807, 2.05) is 19.1 Å². The van der Waals surface area contributed by atoms with E-state index < -0.39 is 0 Å². The second-order valence-corrected chi connectivity index (χ2v) is 7.15. The van der Waals surface area contributed by atoms with Crippen LogP contribution in [0.3, 0.4) is 0 Å². The Morgan fingerprint density at radius 2 is 1.65 bits per heavy atom. The molecular formula is C20H31N3. The minimum Gasteiger partial charge on any atom is -0.354 e. The van der Waals surface area contributed by atoms with Gasteiger partial charge in [-0.3, -0.25) is 0 Å². The highest BCUT2D eigenvalue weighted by molar-refractivity contribution is 6.03. The predicted molar refractivity (Wildman–Crippen MR) is 101 cm³/mol. The Kier molecular flexibility index (Phi) is 5.86. The van der Waals surface area contributed by atoms with Crippen LogP contribution in [-0.4, -0.2) is 24.8 Å². The standard InChI is InChI=1S/C20H31N3/c1-14(2)16-10-9-11-17(15(3)4)20(16)21-18-12-7-8-13-19(18)22-23(5)6/h9-12,14-15,21H,7-8,13H2,1-6H3/b22-19-. The van der Waals surface area contributed by atoms with Crippen LogP contribution < -0.4 is 5.32 Å². The number of benzene rings is 1. The molecule has 0 fully saturated rings. The van der Waals surface area contributed by atoms with E-state index >= 15 is 0 Å². The van der Waals surface area contributed by atoms with E-state index in [0.717, 1.165) is 18.6 Å². The van der Waals surface area contributed by atoms with E-state index in [-0.39, 0.29) is 0 Å². The Morgan fingerprint density at radius 3 is 2.17 bits per heavy atom. The van der Waals surface area contributed by atoms with Gasteiger partial charge in [0.2, 0.25) is 0 Å². The Labute approximate surface area is 141 Å². The predicted octanol–water partition coefficient (Wildman–Crippen LogP) is 5.33. The normalized spacial score (nSPS) is 16.9. The largest absolute Gasteiger partial charge is 0.354 e. The van der Waals surface area contributed by atoms with Crippen molar-refractivity contribution in [2.45, 2.75) is 58.8 Å². The molecule has 0 atom stereocenters. The Balaban J connectivity index is 2.43. The third kappa shape index (κ3) is 4.37. The zero-order valence-corrected chi connectivity index (χ0v) is 15.5. The number of anilines is 1. The van der Waals surface area contributed by atoms with Crippen LogP contribution in [-0.2, 0) is 0 Å². The van der Waals surface area contributed by atoms with Gasteiger partial charge in [-0.15, -0.1) is 0 Å². The highest BCUT2D eigenvalue weighted by atomic mass is 15.4. The zero-order valence-electron chi connectivity index (χ0n) is 15.5. The van der Waals surface area contributed by atoms with Gasteiger partial charge in [0.1, 0.15) is 0 Å². The minimum atomic E-state index is 0.495. The number of hydrogen-bond donors (Lipinski definition) is 1. The molecule has 0 bridgehead atoms. The number of nitrogens with one attached hydrogen (secondary N) is 1. The summed E-state index contributed by atoms with van der Waals surface area (Å²) in [5.74, 6) is 0.990. The van der Waals surface area contributed by atoms with Crippen LogP contribution in [0.25, 0.3) is 0 Å². The number of nitrogens with zero attached hydrogens (tertiary/aromatic N) is 2. The molecule has 1 aliphatic rings. The number of hydrazone groups is 1. The maximum absolute atomic E-state index is 4.68. The van der Waals surface area contributed by atoms with Gasteiger partial charge in [0.05, 0.1) is 11.4 Å². The van der Waals surface area contributed by atoms with Gasteiger partial charge in [-0.2, -0.15) is 5.10 Å². The van der Waals surface area contributed by atoms with Crippen LogP contribution >= 0.6 is 0 Å². The topological polar surface area (TPSA) is 27.6 Å². The summed E-state index contributed by atoms with van der Waals surface area (Å²) in [4.78, 5) is 0. The van der Waals surface area contributed by atoms with Gasteiger partial charge in [-0.05, 0) is 42.2 Å². The molecule has 0 aliphatic heterocycles. The van der Waals surface area contributed by atoms with Crippen molar-refractivity contribution in [3.8, 4) is 0 Å². The first-order valence-electron chi connectivity index (χ1n) is 8.75. The molecule has 0 amide bonds. The molecule has 0 saturated heterocycles. The van der Waals surface area contributed by atoms with E-state index in [1.54, 1.807) is 0 Å². The Hall–Kier alpha value is -1.77. The SMILES string of the molecule is CC(C)c1cccc(C(C)C)c1NC1=CCCC/C1=N/N(C)C. The third-order valence-corrected chi connectivity index (χ3v) is 4.23. The molecule has 1 aliphatic carbocycles. The first kappa shape index (κ1) is 17.6. The summed E-state index contributed by atoms with van der Waals surface area (Å²) in [5, 5.41) is 10.3. The molecule has 0 aromatic heterocycles. The summed E-state index contributed by atoms with van der Waals surface area (Å²) < 4.78 is 0. The van der Waals surface area contributed by atoms with E-state index in [0.29, 0.717) is 11.8 Å². The maximum Gasteiger partial charge on any atom is 0.0836 e. The van der Waals surface area contributed by atoms with E-state index in [9.17, 15) is 0 Å². The first-order valence-corrected chi connectivity index (χ1v) is 8.75. The summed E-state index contributed by atoms with van der Waals surface area (Å²) in [5.41, 5.74) is 6.38. The molecule has 0 saturated carbocycles. The average molecular weight is 313 g/mol. The lowest BCUT2D eigenvalue weighted by molar-refractivity contribution is 0.435. The summed E-state index contributed by atoms with van der Waals surface area (Å²) in [7, 11) is 3.97. The Bertz CT molecular complexity index is 569. The minimum absolute atomic E-state index is 0.495. The number of hydrogen-bond acceptors (Lipinski definition) is 3. The van der Waals surface area contributed by atoms with Crippen LogP contribution in [0.2, 0.25) is 0 Å². The van der Waals surface area contributed by atoms with Crippen LogP contribution in [0, 0.1) is 0 Å².